The molecule has 1 heterocycles. The lowest BCUT2D eigenvalue weighted by atomic mass is 9.91. The maximum Gasteiger partial charge on any atom is 0.0663 e. The van der Waals surface area contributed by atoms with Crippen molar-refractivity contribution in [3.63, 3.8) is 0 Å². The van der Waals surface area contributed by atoms with Gasteiger partial charge in [0.05, 0.1) is 12.1 Å². The monoisotopic (exact) mass is 242 g/mol. The average Bonchev–Trinajstić information content (AvgIpc) is 2.78. The van der Waals surface area contributed by atoms with Gasteiger partial charge in [-0.2, -0.15) is 0 Å². The Morgan fingerprint density at radius 3 is 2.29 bits per heavy atom. The number of ether oxygens (including phenoxy) is 1. The van der Waals surface area contributed by atoms with Gasteiger partial charge in [-0.15, -0.1) is 0 Å². The predicted molar refractivity (Wildman–Crippen MR) is 73.1 cm³/mol. The van der Waals surface area contributed by atoms with Gasteiger partial charge < -0.3 is 10.5 Å². The Morgan fingerprint density at radius 2 is 1.94 bits per heavy atom. The molecule has 1 atom stereocenters. The zero-order chi connectivity index (χ0) is 12.9. The molecule has 0 aromatic heterocycles. The molecule has 1 unspecified atom stereocenters. The molecule has 1 rings (SSSR count). The highest BCUT2D eigenvalue weighted by Gasteiger charge is 2.41. The molecule has 3 heteroatoms. The van der Waals surface area contributed by atoms with Crippen LogP contribution >= 0.6 is 0 Å². The summed E-state index contributed by atoms with van der Waals surface area (Å²) in [6.45, 7) is 12.7. The van der Waals surface area contributed by atoms with Gasteiger partial charge in [-0.3, -0.25) is 4.90 Å². The molecule has 0 radical (unpaired) electrons. The maximum atomic E-state index is 6.07. The van der Waals surface area contributed by atoms with E-state index in [9.17, 15) is 0 Å². The van der Waals surface area contributed by atoms with Crippen molar-refractivity contribution in [3.05, 3.63) is 0 Å². The van der Waals surface area contributed by atoms with Crippen LogP contribution in [-0.2, 0) is 4.74 Å². The zero-order valence-electron chi connectivity index (χ0n) is 12.0. The van der Waals surface area contributed by atoms with Crippen molar-refractivity contribution >= 4 is 0 Å². The Kier molecular flexibility index (Phi) is 5.90. The Bertz CT molecular complexity index is 208. The first-order valence-corrected chi connectivity index (χ1v) is 7.14. The fraction of sp³-hybridized carbons (Fsp3) is 1.00. The van der Waals surface area contributed by atoms with Crippen LogP contribution in [0.4, 0.5) is 0 Å². The summed E-state index contributed by atoms with van der Waals surface area (Å²) in [6.07, 6.45) is 3.49. The second-order valence-electron chi connectivity index (χ2n) is 5.75. The number of rotatable bonds is 7. The standard InChI is InChI=1S/C14H30N2O/c1-5-13(6-2)16(9-12(3)4)14(10-15)7-8-17-11-14/h12-13H,5-11,15H2,1-4H3. The smallest absolute Gasteiger partial charge is 0.0663 e. The van der Waals surface area contributed by atoms with E-state index in [0.29, 0.717) is 12.0 Å². The van der Waals surface area contributed by atoms with Crippen LogP contribution in [0.5, 0.6) is 0 Å². The second kappa shape index (κ2) is 6.72. The fourth-order valence-corrected chi connectivity index (χ4v) is 2.95. The predicted octanol–water partition coefficient (Wildman–Crippen LogP) is 2.25. The Balaban J connectivity index is 2.86. The Labute approximate surface area is 107 Å². The first-order valence-electron chi connectivity index (χ1n) is 7.14. The van der Waals surface area contributed by atoms with Crippen molar-refractivity contribution in [1.29, 1.82) is 0 Å². The number of nitrogens with zero attached hydrogens (tertiary/aromatic N) is 1. The van der Waals surface area contributed by atoms with E-state index < -0.39 is 0 Å². The average molecular weight is 242 g/mol. The molecule has 0 saturated carbocycles. The third-order valence-electron chi connectivity index (χ3n) is 4.02. The molecule has 3 nitrogen and oxygen atoms in total. The van der Waals surface area contributed by atoms with Gasteiger partial charge in [-0.25, -0.2) is 0 Å². The van der Waals surface area contributed by atoms with Gasteiger partial charge in [-0.1, -0.05) is 27.7 Å². The highest BCUT2D eigenvalue weighted by Crippen LogP contribution is 2.30. The van der Waals surface area contributed by atoms with Crippen molar-refractivity contribution in [2.24, 2.45) is 11.7 Å². The minimum Gasteiger partial charge on any atom is -0.379 e. The van der Waals surface area contributed by atoms with Crippen LogP contribution in [0.3, 0.4) is 0 Å². The lowest BCUT2D eigenvalue weighted by molar-refractivity contribution is 0.0222. The molecule has 17 heavy (non-hydrogen) atoms. The van der Waals surface area contributed by atoms with Gasteiger partial charge in [-0.05, 0) is 25.2 Å². The summed E-state index contributed by atoms with van der Waals surface area (Å²) in [7, 11) is 0. The molecule has 0 bridgehead atoms. The minimum absolute atomic E-state index is 0.0982. The minimum atomic E-state index is 0.0982. The summed E-state index contributed by atoms with van der Waals surface area (Å²) in [6, 6.07) is 0.641. The van der Waals surface area contributed by atoms with E-state index in [1.54, 1.807) is 0 Å². The molecule has 2 N–H and O–H groups in total. The topological polar surface area (TPSA) is 38.5 Å². The first-order chi connectivity index (χ1) is 8.09. The number of hydrogen-bond acceptors (Lipinski definition) is 3. The number of hydrogen-bond donors (Lipinski definition) is 1. The van der Waals surface area contributed by atoms with Gasteiger partial charge >= 0.3 is 0 Å². The molecule has 1 fully saturated rings. The molecule has 1 aliphatic heterocycles. The van der Waals surface area contributed by atoms with Crippen LogP contribution in [0.1, 0.15) is 47.0 Å². The van der Waals surface area contributed by atoms with Gasteiger partial charge in [0, 0.05) is 25.7 Å². The van der Waals surface area contributed by atoms with Gasteiger partial charge in [0.2, 0.25) is 0 Å². The maximum absolute atomic E-state index is 6.07. The van der Waals surface area contributed by atoms with Crippen LogP contribution in [0, 0.1) is 5.92 Å². The van der Waals surface area contributed by atoms with E-state index >= 15 is 0 Å². The van der Waals surface area contributed by atoms with Crippen LogP contribution in [-0.4, -0.2) is 42.8 Å². The van der Waals surface area contributed by atoms with E-state index in [4.69, 9.17) is 10.5 Å². The summed E-state index contributed by atoms with van der Waals surface area (Å²) in [4.78, 5) is 2.64. The summed E-state index contributed by atoms with van der Waals surface area (Å²) >= 11 is 0. The normalized spacial score (nSPS) is 25.4. The summed E-state index contributed by atoms with van der Waals surface area (Å²) in [5, 5.41) is 0. The van der Waals surface area contributed by atoms with E-state index in [2.05, 4.69) is 32.6 Å². The van der Waals surface area contributed by atoms with E-state index in [1.165, 1.54) is 12.8 Å². The fourth-order valence-electron chi connectivity index (χ4n) is 2.95. The third-order valence-corrected chi connectivity index (χ3v) is 4.02. The third kappa shape index (κ3) is 3.43. The molecule has 0 aliphatic carbocycles. The molecule has 102 valence electrons. The van der Waals surface area contributed by atoms with Crippen LogP contribution < -0.4 is 5.73 Å². The number of nitrogens with two attached hydrogens (primary N) is 1. The summed E-state index contributed by atoms with van der Waals surface area (Å²) < 4.78 is 5.63. The van der Waals surface area contributed by atoms with E-state index in [1.807, 2.05) is 0 Å². The SMILES string of the molecule is CCC(CC)N(CC(C)C)C1(CN)CCOC1. The van der Waals surface area contributed by atoms with Crippen molar-refractivity contribution in [2.45, 2.75) is 58.5 Å². The van der Waals surface area contributed by atoms with Crippen molar-refractivity contribution in [3.8, 4) is 0 Å². The zero-order valence-corrected chi connectivity index (χ0v) is 12.0. The molecule has 0 spiro atoms. The molecule has 0 amide bonds. The molecular formula is C14H30N2O. The van der Waals surface area contributed by atoms with Gasteiger partial charge in [0.15, 0.2) is 0 Å². The van der Waals surface area contributed by atoms with Crippen molar-refractivity contribution < 1.29 is 4.74 Å². The summed E-state index contributed by atoms with van der Waals surface area (Å²) in [5.74, 6) is 0.680. The first kappa shape index (κ1) is 14.9. The lowest BCUT2D eigenvalue weighted by Crippen LogP contribution is -2.59. The Morgan fingerprint density at radius 1 is 1.29 bits per heavy atom. The van der Waals surface area contributed by atoms with Crippen LogP contribution in [0.25, 0.3) is 0 Å². The quantitative estimate of drug-likeness (QED) is 0.744. The molecule has 0 aromatic carbocycles. The molecule has 0 aromatic rings. The van der Waals surface area contributed by atoms with E-state index in [-0.39, 0.29) is 5.54 Å². The Hall–Kier alpha value is -0.120. The molecular weight excluding hydrogens is 212 g/mol. The molecule has 1 aliphatic rings. The van der Waals surface area contributed by atoms with Crippen molar-refractivity contribution in [1.82, 2.24) is 4.90 Å². The van der Waals surface area contributed by atoms with Crippen LogP contribution in [0.15, 0.2) is 0 Å². The van der Waals surface area contributed by atoms with Gasteiger partial charge in [0.25, 0.3) is 0 Å². The second-order valence-corrected chi connectivity index (χ2v) is 5.75. The van der Waals surface area contributed by atoms with E-state index in [0.717, 1.165) is 32.7 Å². The van der Waals surface area contributed by atoms with Crippen molar-refractivity contribution in [2.75, 3.05) is 26.3 Å². The largest absolute Gasteiger partial charge is 0.379 e. The molecule has 1 saturated heterocycles. The highest BCUT2D eigenvalue weighted by molar-refractivity contribution is 4.97. The lowest BCUT2D eigenvalue weighted by Gasteiger charge is -2.45. The van der Waals surface area contributed by atoms with Crippen LogP contribution in [0.2, 0.25) is 0 Å². The van der Waals surface area contributed by atoms with Gasteiger partial charge in [0.1, 0.15) is 0 Å². The summed E-state index contributed by atoms with van der Waals surface area (Å²) in [5.41, 5.74) is 6.17. The highest BCUT2D eigenvalue weighted by atomic mass is 16.5.